The summed E-state index contributed by atoms with van der Waals surface area (Å²) in [7, 11) is 0. The molecule has 2 aromatic carbocycles. The van der Waals surface area contributed by atoms with Gasteiger partial charge >= 0.3 is 0 Å². The lowest BCUT2D eigenvalue weighted by Crippen LogP contribution is -2.38. The normalized spacial score (nSPS) is 21.6. The van der Waals surface area contributed by atoms with Crippen molar-refractivity contribution in [3.05, 3.63) is 76.5 Å². The van der Waals surface area contributed by atoms with E-state index >= 15 is 0 Å². The number of hydrogen-bond donors (Lipinski definition) is 1. The molecular weight excluding hydrogens is 362 g/mol. The number of nitrogens with one attached hydrogen (secondary N) is 1. The van der Waals surface area contributed by atoms with Crippen LogP contribution in [-0.2, 0) is 9.59 Å². The molecule has 1 aliphatic heterocycles. The predicted octanol–water partition coefficient (Wildman–Crippen LogP) is 4.79. The minimum Gasteiger partial charge on any atom is -0.494 e. The van der Waals surface area contributed by atoms with E-state index in [0.717, 1.165) is 40.1 Å². The van der Waals surface area contributed by atoms with Crippen LogP contribution in [0.25, 0.3) is 0 Å². The number of benzene rings is 2. The SMILES string of the molecule is CCCOc1ccc(C2CC(=O)C3=C(C2)NC(=O)CC3c2cccc(C)c2)cc1. The molecule has 1 amide bonds. The number of Topliss-reactive ketones (excluding diaryl/α,β-unsaturated/α-hetero) is 1. The third kappa shape index (κ3) is 4.12. The van der Waals surface area contributed by atoms with Crippen molar-refractivity contribution in [1.29, 1.82) is 0 Å². The van der Waals surface area contributed by atoms with Gasteiger partial charge in [-0.25, -0.2) is 0 Å². The summed E-state index contributed by atoms with van der Waals surface area (Å²) in [5.74, 6) is 0.930. The lowest BCUT2D eigenvalue weighted by atomic mass is 9.73. The number of ketones is 1. The molecule has 150 valence electrons. The molecule has 1 heterocycles. The zero-order valence-electron chi connectivity index (χ0n) is 17.0. The largest absolute Gasteiger partial charge is 0.494 e. The van der Waals surface area contributed by atoms with Crippen LogP contribution in [0.3, 0.4) is 0 Å². The molecule has 1 aliphatic carbocycles. The molecule has 0 spiro atoms. The Morgan fingerprint density at radius 1 is 1.00 bits per heavy atom. The van der Waals surface area contributed by atoms with Gasteiger partial charge in [0.1, 0.15) is 5.75 Å². The third-order valence-electron chi connectivity index (χ3n) is 5.80. The van der Waals surface area contributed by atoms with E-state index in [-0.39, 0.29) is 23.5 Å². The Hall–Kier alpha value is -2.88. The molecule has 0 aromatic heterocycles. The maximum absolute atomic E-state index is 13.2. The van der Waals surface area contributed by atoms with Crippen LogP contribution in [0.2, 0.25) is 0 Å². The number of aryl methyl sites for hydroxylation is 1. The molecule has 0 radical (unpaired) electrons. The van der Waals surface area contributed by atoms with Crippen molar-refractivity contribution < 1.29 is 14.3 Å². The molecule has 4 heteroatoms. The second-order valence-corrected chi connectivity index (χ2v) is 8.06. The fourth-order valence-corrected chi connectivity index (χ4v) is 4.42. The Morgan fingerprint density at radius 2 is 1.79 bits per heavy atom. The topological polar surface area (TPSA) is 55.4 Å². The summed E-state index contributed by atoms with van der Waals surface area (Å²) in [6, 6.07) is 16.2. The van der Waals surface area contributed by atoms with Crippen LogP contribution < -0.4 is 10.1 Å². The fraction of sp³-hybridized carbons (Fsp3) is 0.360. The van der Waals surface area contributed by atoms with Gasteiger partial charge in [-0.1, -0.05) is 48.9 Å². The zero-order valence-corrected chi connectivity index (χ0v) is 17.0. The quantitative estimate of drug-likeness (QED) is 0.800. The monoisotopic (exact) mass is 389 g/mol. The van der Waals surface area contributed by atoms with Gasteiger partial charge in [0.05, 0.1) is 6.61 Å². The molecule has 0 saturated carbocycles. The van der Waals surface area contributed by atoms with Gasteiger partial charge in [0.2, 0.25) is 5.91 Å². The Morgan fingerprint density at radius 3 is 2.52 bits per heavy atom. The first-order valence-electron chi connectivity index (χ1n) is 10.4. The number of amides is 1. The van der Waals surface area contributed by atoms with Crippen molar-refractivity contribution in [2.75, 3.05) is 6.61 Å². The summed E-state index contributed by atoms with van der Waals surface area (Å²) in [6.45, 7) is 4.81. The van der Waals surface area contributed by atoms with Crippen LogP contribution in [0.15, 0.2) is 59.8 Å². The van der Waals surface area contributed by atoms with Gasteiger partial charge in [-0.05, 0) is 48.9 Å². The third-order valence-corrected chi connectivity index (χ3v) is 5.80. The molecule has 4 nitrogen and oxygen atoms in total. The van der Waals surface area contributed by atoms with Crippen LogP contribution in [0.4, 0.5) is 0 Å². The average molecular weight is 389 g/mol. The first-order valence-corrected chi connectivity index (χ1v) is 10.4. The van der Waals surface area contributed by atoms with E-state index in [4.69, 9.17) is 4.74 Å². The molecule has 0 saturated heterocycles. The molecule has 1 N–H and O–H groups in total. The predicted molar refractivity (Wildman–Crippen MR) is 113 cm³/mol. The van der Waals surface area contributed by atoms with E-state index in [1.807, 2.05) is 49.4 Å². The maximum Gasteiger partial charge on any atom is 0.225 e. The summed E-state index contributed by atoms with van der Waals surface area (Å²) in [4.78, 5) is 25.6. The molecule has 2 aliphatic rings. The highest BCUT2D eigenvalue weighted by molar-refractivity contribution is 6.02. The van der Waals surface area contributed by atoms with Crippen molar-refractivity contribution in [1.82, 2.24) is 5.32 Å². The van der Waals surface area contributed by atoms with Gasteiger partial charge in [0.25, 0.3) is 0 Å². The number of allylic oxidation sites excluding steroid dienone is 2. The summed E-state index contributed by atoms with van der Waals surface area (Å²) >= 11 is 0. The number of rotatable bonds is 5. The fourth-order valence-electron chi connectivity index (χ4n) is 4.42. The first-order chi connectivity index (χ1) is 14.0. The van der Waals surface area contributed by atoms with Crippen molar-refractivity contribution in [3.63, 3.8) is 0 Å². The zero-order chi connectivity index (χ0) is 20.4. The Balaban J connectivity index is 1.61. The highest BCUT2D eigenvalue weighted by Crippen LogP contribution is 2.42. The number of carbonyl (C=O) groups is 2. The molecule has 29 heavy (non-hydrogen) atoms. The number of ether oxygens (including phenoxy) is 1. The van der Waals surface area contributed by atoms with Gasteiger partial charge in [0, 0.05) is 30.0 Å². The lowest BCUT2D eigenvalue weighted by molar-refractivity contribution is -0.122. The highest BCUT2D eigenvalue weighted by atomic mass is 16.5. The smallest absolute Gasteiger partial charge is 0.225 e. The van der Waals surface area contributed by atoms with Crippen molar-refractivity contribution in [3.8, 4) is 5.75 Å². The molecule has 4 rings (SSSR count). The van der Waals surface area contributed by atoms with Gasteiger partial charge in [-0.15, -0.1) is 0 Å². The van der Waals surface area contributed by atoms with E-state index in [9.17, 15) is 9.59 Å². The van der Waals surface area contributed by atoms with Crippen LogP contribution in [0, 0.1) is 6.92 Å². The number of carbonyl (C=O) groups excluding carboxylic acids is 2. The van der Waals surface area contributed by atoms with Gasteiger partial charge in [0.15, 0.2) is 5.78 Å². The summed E-state index contributed by atoms with van der Waals surface area (Å²) in [5, 5.41) is 3.00. The van der Waals surface area contributed by atoms with E-state index in [1.165, 1.54) is 0 Å². The van der Waals surface area contributed by atoms with Crippen LogP contribution in [-0.4, -0.2) is 18.3 Å². The molecule has 0 fully saturated rings. The van der Waals surface area contributed by atoms with Crippen molar-refractivity contribution in [2.24, 2.45) is 0 Å². The van der Waals surface area contributed by atoms with Crippen molar-refractivity contribution in [2.45, 2.75) is 51.4 Å². The van der Waals surface area contributed by atoms with Gasteiger partial charge in [-0.2, -0.15) is 0 Å². The van der Waals surface area contributed by atoms with E-state index < -0.39 is 0 Å². The average Bonchev–Trinajstić information content (AvgIpc) is 2.71. The van der Waals surface area contributed by atoms with E-state index in [0.29, 0.717) is 25.9 Å². The Bertz CT molecular complexity index is 958. The van der Waals surface area contributed by atoms with Crippen molar-refractivity contribution >= 4 is 11.7 Å². The lowest BCUT2D eigenvalue weighted by Gasteiger charge is -2.34. The van der Waals surface area contributed by atoms with E-state index in [2.05, 4.69) is 18.3 Å². The van der Waals surface area contributed by atoms with Crippen LogP contribution in [0.1, 0.15) is 61.1 Å². The minimum absolute atomic E-state index is 0.00739. The molecule has 0 bridgehead atoms. The van der Waals surface area contributed by atoms with Crippen LogP contribution in [0.5, 0.6) is 5.75 Å². The summed E-state index contributed by atoms with van der Waals surface area (Å²) in [5.41, 5.74) is 4.91. The van der Waals surface area contributed by atoms with E-state index in [1.54, 1.807) is 0 Å². The summed E-state index contributed by atoms with van der Waals surface area (Å²) in [6.07, 6.45) is 2.47. The summed E-state index contributed by atoms with van der Waals surface area (Å²) < 4.78 is 5.66. The molecular formula is C25H27NO3. The number of hydrogen-bond acceptors (Lipinski definition) is 3. The van der Waals surface area contributed by atoms with Crippen LogP contribution >= 0.6 is 0 Å². The second kappa shape index (κ2) is 8.24. The highest BCUT2D eigenvalue weighted by Gasteiger charge is 2.38. The second-order valence-electron chi connectivity index (χ2n) is 8.06. The Labute approximate surface area is 172 Å². The Kier molecular flexibility index (Phi) is 5.52. The van der Waals surface area contributed by atoms with Gasteiger partial charge in [-0.3, -0.25) is 9.59 Å². The minimum atomic E-state index is -0.142. The molecule has 2 aromatic rings. The molecule has 2 atom stereocenters. The maximum atomic E-state index is 13.2. The molecule has 2 unspecified atom stereocenters. The standard InChI is InChI=1S/C25H27NO3/c1-3-11-29-20-9-7-17(8-10-20)19-13-22-25(23(27)14-19)21(15-24(28)26-22)18-6-4-5-16(2)12-18/h4-10,12,19,21H,3,11,13-15H2,1-2H3,(H,26,28). The first kappa shape index (κ1) is 19.4. The van der Waals surface area contributed by atoms with Gasteiger partial charge < -0.3 is 10.1 Å².